The summed E-state index contributed by atoms with van der Waals surface area (Å²) in [4.78, 5) is 16.3. The van der Waals surface area contributed by atoms with Crippen molar-refractivity contribution < 1.29 is 4.79 Å². The standard InChI is InChI=1S/C16H17Cl2N3O/c1-3-10(2)20-12-5-7-15(19-9-12)21-16(22)11-4-6-13(17)14(18)8-11/h4-10,20H,3H2,1-2H3,(H,19,21,22). The Labute approximate surface area is 139 Å². The van der Waals surface area contributed by atoms with Gasteiger partial charge in [-0.2, -0.15) is 0 Å². The zero-order valence-electron chi connectivity index (χ0n) is 12.4. The topological polar surface area (TPSA) is 54.0 Å². The number of hydrogen-bond acceptors (Lipinski definition) is 3. The molecule has 1 unspecified atom stereocenters. The van der Waals surface area contributed by atoms with Gasteiger partial charge in [0.1, 0.15) is 5.82 Å². The number of amides is 1. The van der Waals surface area contributed by atoms with E-state index in [1.165, 1.54) is 6.07 Å². The monoisotopic (exact) mass is 337 g/mol. The van der Waals surface area contributed by atoms with E-state index in [9.17, 15) is 4.79 Å². The molecule has 1 amide bonds. The highest BCUT2D eigenvalue weighted by atomic mass is 35.5. The average molecular weight is 338 g/mol. The van der Waals surface area contributed by atoms with Gasteiger partial charge < -0.3 is 10.6 Å². The molecule has 0 radical (unpaired) electrons. The zero-order chi connectivity index (χ0) is 16.1. The molecule has 6 heteroatoms. The van der Waals surface area contributed by atoms with Crippen LogP contribution in [-0.4, -0.2) is 16.9 Å². The molecule has 2 aromatic rings. The van der Waals surface area contributed by atoms with Crippen molar-refractivity contribution in [2.45, 2.75) is 26.3 Å². The first-order valence-electron chi connectivity index (χ1n) is 6.98. The normalized spacial score (nSPS) is 11.8. The minimum Gasteiger partial charge on any atom is -0.381 e. The van der Waals surface area contributed by atoms with Gasteiger partial charge in [-0.25, -0.2) is 4.98 Å². The lowest BCUT2D eigenvalue weighted by Crippen LogP contribution is -2.15. The third kappa shape index (κ3) is 4.36. The van der Waals surface area contributed by atoms with Crippen LogP contribution in [0, 0.1) is 0 Å². The lowest BCUT2D eigenvalue weighted by atomic mass is 10.2. The minimum absolute atomic E-state index is 0.284. The van der Waals surface area contributed by atoms with E-state index in [1.807, 2.05) is 6.07 Å². The predicted molar refractivity (Wildman–Crippen MR) is 92.0 cm³/mol. The summed E-state index contributed by atoms with van der Waals surface area (Å²) in [6.45, 7) is 4.21. The Kier molecular flexibility index (Phi) is 5.63. The van der Waals surface area contributed by atoms with Crippen molar-refractivity contribution in [1.82, 2.24) is 4.98 Å². The molecule has 0 saturated heterocycles. The third-order valence-electron chi connectivity index (χ3n) is 3.21. The number of halogens is 2. The highest BCUT2D eigenvalue weighted by Gasteiger charge is 2.09. The molecule has 0 aliphatic heterocycles. The van der Waals surface area contributed by atoms with Crippen molar-refractivity contribution in [3.63, 3.8) is 0 Å². The molecular formula is C16H17Cl2N3O. The summed E-state index contributed by atoms with van der Waals surface area (Å²) in [5.41, 5.74) is 1.35. The van der Waals surface area contributed by atoms with Crippen LogP contribution in [0.2, 0.25) is 10.0 Å². The van der Waals surface area contributed by atoms with Crippen LogP contribution in [-0.2, 0) is 0 Å². The molecule has 0 spiro atoms. The van der Waals surface area contributed by atoms with E-state index in [4.69, 9.17) is 23.2 Å². The summed E-state index contributed by atoms with van der Waals surface area (Å²) < 4.78 is 0. The molecule has 22 heavy (non-hydrogen) atoms. The number of carbonyl (C=O) groups excluding carboxylic acids is 1. The van der Waals surface area contributed by atoms with Gasteiger partial charge >= 0.3 is 0 Å². The van der Waals surface area contributed by atoms with Gasteiger partial charge in [0.2, 0.25) is 0 Å². The number of benzene rings is 1. The first-order valence-corrected chi connectivity index (χ1v) is 7.74. The number of rotatable bonds is 5. The Bertz CT molecular complexity index is 659. The van der Waals surface area contributed by atoms with Gasteiger partial charge in [0, 0.05) is 11.6 Å². The van der Waals surface area contributed by atoms with Gasteiger partial charge in [-0.3, -0.25) is 4.79 Å². The summed E-state index contributed by atoms with van der Waals surface area (Å²) >= 11 is 11.7. The SMILES string of the molecule is CCC(C)Nc1ccc(NC(=O)c2ccc(Cl)c(Cl)c2)nc1. The largest absolute Gasteiger partial charge is 0.381 e. The van der Waals surface area contributed by atoms with Gasteiger partial charge in [-0.05, 0) is 43.7 Å². The van der Waals surface area contributed by atoms with Gasteiger partial charge in [0.25, 0.3) is 5.91 Å². The molecule has 2 rings (SSSR count). The van der Waals surface area contributed by atoms with Crippen LogP contribution < -0.4 is 10.6 Å². The Morgan fingerprint density at radius 3 is 2.59 bits per heavy atom. The first kappa shape index (κ1) is 16.6. The van der Waals surface area contributed by atoms with Crippen LogP contribution >= 0.6 is 23.2 Å². The molecule has 0 fully saturated rings. The van der Waals surface area contributed by atoms with Crippen LogP contribution in [0.4, 0.5) is 11.5 Å². The fraction of sp³-hybridized carbons (Fsp3) is 0.250. The molecule has 2 N–H and O–H groups in total. The smallest absolute Gasteiger partial charge is 0.256 e. The van der Waals surface area contributed by atoms with Crippen molar-refractivity contribution >= 4 is 40.6 Å². The van der Waals surface area contributed by atoms with E-state index in [2.05, 4.69) is 29.5 Å². The predicted octanol–water partition coefficient (Wildman–Crippen LogP) is 4.85. The van der Waals surface area contributed by atoms with E-state index < -0.39 is 0 Å². The second-order valence-corrected chi connectivity index (χ2v) is 5.78. The van der Waals surface area contributed by atoms with Crippen molar-refractivity contribution in [2.24, 2.45) is 0 Å². The summed E-state index contributed by atoms with van der Waals surface area (Å²) in [6, 6.07) is 8.73. The maximum Gasteiger partial charge on any atom is 0.256 e. The van der Waals surface area contributed by atoms with E-state index in [0.717, 1.165) is 12.1 Å². The second kappa shape index (κ2) is 7.47. The van der Waals surface area contributed by atoms with Gasteiger partial charge in [0.15, 0.2) is 0 Å². The van der Waals surface area contributed by atoms with Gasteiger partial charge in [-0.1, -0.05) is 30.1 Å². The Morgan fingerprint density at radius 1 is 1.23 bits per heavy atom. The lowest BCUT2D eigenvalue weighted by Gasteiger charge is -2.13. The first-order chi connectivity index (χ1) is 10.5. The number of hydrogen-bond donors (Lipinski definition) is 2. The quantitative estimate of drug-likeness (QED) is 0.819. The van der Waals surface area contributed by atoms with Crippen molar-refractivity contribution in [3.8, 4) is 0 Å². The zero-order valence-corrected chi connectivity index (χ0v) is 13.9. The van der Waals surface area contributed by atoms with Crippen LogP contribution in [0.25, 0.3) is 0 Å². The maximum atomic E-state index is 12.1. The van der Waals surface area contributed by atoms with Crippen LogP contribution in [0.1, 0.15) is 30.6 Å². The average Bonchev–Trinajstić information content (AvgIpc) is 2.51. The van der Waals surface area contributed by atoms with Crippen LogP contribution in [0.5, 0.6) is 0 Å². The van der Waals surface area contributed by atoms with E-state index in [0.29, 0.717) is 27.5 Å². The van der Waals surface area contributed by atoms with Gasteiger partial charge in [0.05, 0.1) is 21.9 Å². The summed E-state index contributed by atoms with van der Waals surface area (Å²) in [5, 5.41) is 6.79. The van der Waals surface area contributed by atoms with Crippen LogP contribution in [0.3, 0.4) is 0 Å². The number of pyridine rings is 1. The highest BCUT2D eigenvalue weighted by molar-refractivity contribution is 6.42. The van der Waals surface area contributed by atoms with E-state index >= 15 is 0 Å². The molecule has 0 aliphatic rings. The van der Waals surface area contributed by atoms with E-state index in [1.54, 1.807) is 24.4 Å². The fourth-order valence-corrected chi connectivity index (χ4v) is 2.06. The number of aromatic nitrogens is 1. The van der Waals surface area contributed by atoms with Gasteiger partial charge in [-0.15, -0.1) is 0 Å². The molecule has 0 saturated carbocycles. The lowest BCUT2D eigenvalue weighted by molar-refractivity contribution is 0.102. The van der Waals surface area contributed by atoms with Crippen molar-refractivity contribution in [2.75, 3.05) is 10.6 Å². The Morgan fingerprint density at radius 2 is 2.00 bits per heavy atom. The molecule has 116 valence electrons. The fourth-order valence-electron chi connectivity index (χ4n) is 1.77. The third-order valence-corrected chi connectivity index (χ3v) is 3.95. The van der Waals surface area contributed by atoms with Crippen molar-refractivity contribution in [1.29, 1.82) is 0 Å². The molecule has 1 aromatic carbocycles. The summed E-state index contributed by atoms with van der Waals surface area (Å²) in [5.74, 6) is 0.194. The summed E-state index contributed by atoms with van der Waals surface area (Å²) in [6.07, 6.45) is 2.71. The number of carbonyl (C=O) groups is 1. The second-order valence-electron chi connectivity index (χ2n) is 4.97. The molecule has 0 bridgehead atoms. The maximum absolute atomic E-state index is 12.1. The Hall–Kier alpha value is -1.78. The number of nitrogens with one attached hydrogen (secondary N) is 2. The molecular weight excluding hydrogens is 321 g/mol. The molecule has 1 atom stereocenters. The van der Waals surface area contributed by atoms with Crippen molar-refractivity contribution in [3.05, 3.63) is 52.1 Å². The molecule has 0 aliphatic carbocycles. The van der Waals surface area contributed by atoms with Crippen LogP contribution in [0.15, 0.2) is 36.5 Å². The Balaban J connectivity index is 2.03. The molecule has 4 nitrogen and oxygen atoms in total. The summed E-state index contributed by atoms with van der Waals surface area (Å²) in [7, 11) is 0. The number of nitrogens with zero attached hydrogens (tertiary/aromatic N) is 1. The molecule has 1 aromatic heterocycles. The highest BCUT2D eigenvalue weighted by Crippen LogP contribution is 2.23. The molecule has 1 heterocycles. The minimum atomic E-state index is -0.284. The number of anilines is 2. The van der Waals surface area contributed by atoms with E-state index in [-0.39, 0.29) is 5.91 Å².